The fraction of sp³-hybridized carbons (Fsp3) is 0.167. The van der Waals surface area contributed by atoms with Crippen LogP contribution < -0.4 is 14.8 Å². The molecule has 0 aliphatic carbocycles. The zero-order chi connectivity index (χ0) is 33.1. The molecule has 3 aromatic carbocycles. The van der Waals surface area contributed by atoms with Crippen molar-refractivity contribution in [1.82, 2.24) is 10.2 Å². The van der Waals surface area contributed by atoms with Crippen LogP contribution in [-0.2, 0) is 14.4 Å². The molecule has 0 fully saturated rings. The van der Waals surface area contributed by atoms with E-state index in [0.29, 0.717) is 33.8 Å². The lowest BCUT2D eigenvalue weighted by Crippen LogP contribution is -2.42. The molecule has 1 N–H and O–H groups in total. The van der Waals surface area contributed by atoms with Gasteiger partial charge in [0.1, 0.15) is 5.57 Å². The molecule has 8 nitrogen and oxygen atoms in total. The first-order valence-corrected chi connectivity index (χ1v) is 16.3. The van der Waals surface area contributed by atoms with Gasteiger partial charge < -0.3 is 14.8 Å². The lowest BCUT2D eigenvalue weighted by atomic mass is 9.99. The van der Waals surface area contributed by atoms with E-state index in [-0.39, 0.29) is 28.4 Å². The molecule has 0 atom stereocenters. The van der Waals surface area contributed by atoms with E-state index >= 15 is 0 Å². The molecule has 1 heterocycles. The fourth-order valence-corrected chi connectivity index (χ4v) is 5.88. The Kier molecular flexibility index (Phi) is 12.3. The van der Waals surface area contributed by atoms with E-state index in [9.17, 15) is 14.4 Å². The Hall–Kier alpha value is -4.67. The SMILES string of the molecule is C=C/C=C\C(=C/C)N1C(=O)/C(=C/c2cc(OCC)c(OC)cc2Br)C(=O)N=C1SCC(=O)NC(c1ccccc1)c1ccccc1. The van der Waals surface area contributed by atoms with E-state index < -0.39 is 11.8 Å². The van der Waals surface area contributed by atoms with Gasteiger partial charge >= 0.3 is 0 Å². The average Bonchev–Trinajstić information content (AvgIpc) is 3.07. The van der Waals surface area contributed by atoms with Gasteiger partial charge in [-0.05, 0) is 54.8 Å². The Labute approximate surface area is 281 Å². The molecule has 0 spiro atoms. The number of allylic oxidation sites excluding steroid dienone is 4. The van der Waals surface area contributed by atoms with Crippen LogP contribution in [0.3, 0.4) is 0 Å². The largest absolute Gasteiger partial charge is 0.493 e. The number of rotatable bonds is 12. The van der Waals surface area contributed by atoms with Gasteiger partial charge in [-0.15, -0.1) is 0 Å². The van der Waals surface area contributed by atoms with Gasteiger partial charge in [0.2, 0.25) is 5.91 Å². The Bertz CT molecular complexity index is 1680. The van der Waals surface area contributed by atoms with Crippen molar-refractivity contribution in [2.45, 2.75) is 19.9 Å². The number of ether oxygens (including phenoxy) is 2. The maximum Gasteiger partial charge on any atom is 0.285 e. The Morgan fingerprint density at radius 3 is 2.28 bits per heavy atom. The van der Waals surface area contributed by atoms with Crippen LogP contribution in [0.2, 0.25) is 0 Å². The molecule has 1 aliphatic rings. The number of amidine groups is 1. The standard InChI is InChI=1S/C36H34BrN3O5S/c1-5-8-19-27(6-2)40-35(43)28(20-26-21-31(45-7-3)30(44-4)22-29(26)37)34(42)39-36(40)46-23-32(41)38-33(24-15-11-9-12-16-24)25-17-13-10-14-18-25/h5-6,8-22,33H,1,7,23H2,2-4H3,(H,38,41)/b19-8-,27-6+,28-20+. The summed E-state index contributed by atoms with van der Waals surface area (Å²) < 4.78 is 11.7. The maximum absolute atomic E-state index is 14.0. The molecule has 1 aliphatic heterocycles. The first-order valence-electron chi connectivity index (χ1n) is 14.5. The molecule has 0 bridgehead atoms. The topological polar surface area (TPSA) is 97.3 Å². The van der Waals surface area contributed by atoms with Crippen molar-refractivity contribution < 1.29 is 23.9 Å². The minimum absolute atomic E-state index is 0.0869. The van der Waals surface area contributed by atoms with E-state index in [2.05, 4.69) is 32.8 Å². The molecule has 46 heavy (non-hydrogen) atoms. The van der Waals surface area contributed by atoms with Crippen LogP contribution in [-0.4, -0.2) is 47.3 Å². The number of benzene rings is 3. The smallest absolute Gasteiger partial charge is 0.285 e. The van der Waals surface area contributed by atoms with Gasteiger partial charge in [0.15, 0.2) is 16.7 Å². The Morgan fingerprint density at radius 1 is 1.07 bits per heavy atom. The number of carbonyl (C=O) groups excluding carboxylic acids is 3. The Morgan fingerprint density at radius 2 is 1.72 bits per heavy atom. The number of aliphatic imine (C=N–C) groups is 1. The predicted octanol–water partition coefficient (Wildman–Crippen LogP) is 7.25. The molecule has 0 radical (unpaired) electrons. The van der Waals surface area contributed by atoms with Crippen LogP contribution in [0.4, 0.5) is 0 Å². The number of halogens is 1. The lowest BCUT2D eigenvalue weighted by molar-refractivity contribution is -0.126. The third kappa shape index (κ3) is 8.32. The van der Waals surface area contributed by atoms with Gasteiger partial charge in [-0.2, -0.15) is 4.99 Å². The minimum atomic E-state index is -0.723. The predicted molar refractivity (Wildman–Crippen MR) is 188 cm³/mol. The van der Waals surface area contributed by atoms with Crippen LogP contribution in [0.25, 0.3) is 6.08 Å². The number of methoxy groups -OCH3 is 1. The molecular formula is C36H34BrN3O5S. The number of amides is 3. The minimum Gasteiger partial charge on any atom is -0.493 e. The zero-order valence-electron chi connectivity index (χ0n) is 25.7. The summed E-state index contributed by atoms with van der Waals surface area (Å²) >= 11 is 4.51. The van der Waals surface area contributed by atoms with E-state index in [0.717, 1.165) is 22.9 Å². The second-order valence-electron chi connectivity index (χ2n) is 9.77. The van der Waals surface area contributed by atoms with Gasteiger partial charge in [0.05, 0.1) is 25.5 Å². The van der Waals surface area contributed by atoms with Crippen molar-refractivity contribution in [3.63, 3.8) is 0 Å². The summed E-state index contributed by atoms with van der Waals surface area (Å²) in [7, 11) is 1.53. The normalized spacial score (nSPS) is 14.5. The number of hydrogen-bond acceptors (Lipinski definition) is 6. The number of nitrogens with one attached hydrogen (secondary N) is 1. The van der Waals surface area contributed by atoms with E-state index in [1.165, 1.54) is 18.1 Å². The van der Waals surface area contributed by atoms with Crippen LogP contribution in [0.1, 0.15) is 36.6 Å². The molecule has 236 valence electrons. The molecule has 0 unspecified atom stereocenters. The van der Waals surface area contributed by atoms with Gasteiger partial charge in [0, 0.05) is 10.2 Å². The average molecular weight is 701 g/mol. The summed E-state index contributed by atoms with van der Waals surface area (Å²) in [6.45, 7) is 7.73. The maximum atomic E-state index is 14.0. The summed E-state index contributed by atoms with van der Waals surface area (Å²) in [5.74, 6) is -0.723. The summed E-state index contributed by atoms with van der Waals surface area (Å²) in [4.78, 5) is 46.4. The molecule has 3 amide bonds. The molecule has 3 aromatic rings. The molecular weight excluding hydrogens is 666 g/mol. The number of carbonyl (C=O) groups is 3. The van der Waals surface area contributed by atoms with Crippen LogP contribution in [0.5, 0.6) is 11.5 Å². The van der Waals surface area contributed by atoms with Crippen LogP contribution in [0, 0.1) is 0 Å². The third-order valence-electron chi connectivity index (χ3n) is 6.80. The van der Waals surface area contributed by atoms with Gasteiger partial charge in [0.25, 0.3) is 11.8 Å². The van der Waals surface area contributed by atoms with Crippen LogP contribution >= 0.6 is 27.7 Å². The Balaban J connectivity index is 1.66. The molecule has 0 aromatic heterocycles. The van der Waals surface area contributed by atoms with E-state index in [1.807, 2.05) is 67.6 Å². The van der Waals surface area contributed by atoms with Crippen molar-refractivity contribution in [2.24, 2.45) is 4.99 Å². The van der Waals surface area contributed by atoms with Crippen molar-refractivity contribution in [3.8, 4) is 11.5 Å². The molecule has 0 saturated carbocycles. The zero-order valence-corrected chi connectivity index (χ0v) is 28.1. The van der Waals surface area contributed by atoms with Gasteiger partial charge in [-0.25, -0.2) is 0 Å². The van der Waals surface area contributed by atoms with E-state index in [4.69, 9.17) is 9.47 Å². The molecule has 4 rings (SSSR count). The number of hydrogen-bond donors (Lipinski definition) is 1. The lowest BCUT2D eigenvalue weighted by Gasteiger charge is -2.28. The molecule has 10 heteroatoms. The summed E-state index contributed by atoms with van der Waals surface area (Å²) in [6, 6.07) is 22.3. The van der Waals surface area contributed by atoms with Gasteiger partial charge in [-0.1, -0.05) is 113 Å². The summed E-state index contributed by atoms with van der Waals surface area (Å²) in [6.07, 6.45) is 8.13. The highest BCUT2D eigenvalue weighted by molar-refractivity contribution is 9.10. The van der Waals surface area contributed by atoms with Crippen molar-refractivity contribution in [1.29, 1.82) is 0 Å². The highest BCUT2D eigenvalue weighted by Crippen LogP contribution is 2.36. The van der Waals surface area contributed by atoms with Crippen molar-refractivity contribution >= 4 is 56.7 Å². The first-order chi connectivity index (χ1) is 22.3. The van der Waals surface area contributed by atoms with Crippen molar-refractivity contribution in [3.05, 3.63) is 136 Å². The summed E-state index contributed by atoms with van der Waals surface area (Å²) in [5.41, 5.74) is 2.69. The second-order valence-corrected chi connectivity index (χ2v) is 11.6. The summed E-state index contributed by atoms with van der Waals surface area (Å²) in [5, 5.41) is 3.18. The monoisotopic (exact) mass is 699 g/mol. The number of thioether (sulfide) groups is 1. The van der Waals surface area contributed by atoms with Crippen LogP contribution in [0.15, 0.2) is 124 Å². The highest BCUT2D eigenvalue weighted by Gasteiger charge is 2.35. The number of nitrogens with zero attached hydrogens (tertiary/aromatic N) is 2. The fourth-order valence-electron chi connectivity index (χ4n) is 4.64. The van der Waals surface area contributed by atoms with E-state index in [1.54, 1.807) is 43.4 Å². The quantitative estimate of drug-likeness (QED) is 0.122. The molecule has 0 saturated heterocycles. The first kappa shape index (κ1) is 34.2. The highest BCUT2D eigenvalue weighted by atomic mass is 79.9. The van der Waals surface area contributed by atoms with Gasteiger partial charge in [-0.3, -0.25) is 19.3 Å². The second kappa shape index (κ2) is 16.6. The van der Waals surface area contributed by atoms with Crippen molar-refractivity contribution in [2.75, 3.05) is 19.5 Å². The third-order valence-corrected chi connectivity index (χ3v) is 8.42.